The van der Waals surface area contributed by atoms with E-state index in [1.54, 1.807) is 12.1 Å². The van der Waals surface area contributed by atoms with E-state index >= 15 is 0 Å². The Bertz CT molecular complexity index is 1400. The van der Waals surface area contributed by atoms with E-state index in [9.17, 15) is 34.8 Å². The number of alkyl halides is 6. The van der Waals surface area contributed by atoms with E-state index < -0.39 is 33.6 Å². The van der Waals surface area contributed by atoms with Gasteiger partial charge in [-0.05, 0) is 88.2 Å². The van der Waals surface area contributed by atoms with Gasteiger partial charge in [-0.2, -0.15) is 34.8 Å². The van der Waals surface area contributed by atoms with Crippen LogP contribution >= 0.6 is 0 Å². The molecule has 0 spiro atoms. The maximum Gasteiger partial charge on any atom is 0.416 e. The lowest BCUT2D eigenvalue weighted by Crippen LogP contribution is -2.47. The predicted octanol–water partition coefficient (Wildman–Crippen LogP) is 7.92. The highest BCUT2D eigenvalue weighted by molar-refractivity contribution is 7.85. The highest BCUT2D eigenvalue weighted by Gasteiger charge is 2.38. The molecule has 0 saturated carbocycles. The molecule has 43 heavy (non-hydrogen) atoms. The molecule has 3 aromatic carbocycles. The minimum atomic E-state index is -4.87. The molecule has 236 valence electrons. The second-order valence-corrected chi connectivity index (χ2v) is 12.4. The number of rotatable bonds is 7. The molecule has 0 aromatic heterocycles. The summed E-state index contributed by atoms with van der Waals surface area (Å²) in [5.74, 6) is 0. The molecule has 4 rings (SSSR count). The third-order valence-electron chi connectivity index (χ3n) is 7.48. The quantitative estimate of drug-likeness (QED) is 0.212. The number of benzene rings is 3. The lowest BCUT2D eigenvalue weighted by atomic mass is 9.73. The third-order valence-corrected chi connectivity index (χ3v) is 8.35. The molecule has 0 aliphatic carbocycles. The maximum atomic E-state index is 13.1. The number of likely N-dealkylation sites (tertiary alicyclic amines) is 1. The Balaban J connectivity index is 0.000000386. The predicted molar refractivity (Wildman–Crippen MR) is 151 cm³/mol. The minimum Gasteiger partial charge on any atom is -0.376 e. The Morgan fingerprint density at radius 2 is 1.37 bits per heavy atom. The number of ether oxygens (including phenoxy) is 1. The Kier molecular flexibility index (Phi) is 11.1. The molecule has 1 aliphatic rings. The summed E-state index contributed by atoms with van der Waals surface area (Å²) in [5.41, 5.74) is -1.10. The van der Waals surface area contributed by atoms with E-state index in [0.717, 1.165) is 49.2 Å². The van der Waals surface area contributed by atoms with Crippen molar-refractivity contribution >= 4 is 10.1 Å². The average molecular weight is 632 g/mol. The molecule has 0 atom stereocenters. The van der Waals surface area contributed by atoms with Crippen LogP contribution in [0, 0.1) is 6.92 Å². The van der Waals surface area contributed by atoms with Crippen molar-refractivity contribution in [3.63, 3.8) is 0 Å². The summed E-state index contributed by atoms with van der Waals surface area (Å²) in [6, 6.07) is 17.7. The summed E-state index contributed by atoms with van der Waals surface area (Å²) in [7, 11) is -4.02. The van der Waals surface area contributed by atoms with E-state index in [1.165, 1.54) is 12.1 Å². The van der Waals surface area contributed by atoms with E-state index in [0.29, 0.717) is 6.04 Å². The van der Waals surface area contributed by atoms with Crippen molar-refractivity contribution in [3.05, 3.63) is 101 Å². The van der Waals surface area contributed by atoms with Gasteiger partial charge in [-0.25, -0.2) is 0 Å². The monoisotopic (exact) mass is 631 g/mol. The number of nitrogens with zero attached hydrogens (tertiary/aromatic N) is 1. The Labute approximate surface area is 248 Å². The SMILES string of the molecule is CC(C)N1CCC(COCc2cc(C(F)(F)F)cc(C(F)(F)F)c2)(c2ccccc2)CC1.Cc1ccc(S(=O)(=O)O)cc1. The Morgan fingerprint density at radius 3 is 1.81 bits per heavy atom. The normalized spacial score (nSPS) is 16.1. The van der Waals surface area contributed by atoms with E-state index in [1.807, 2.05) is 37.3 Å². The van der Waals surface area contributed by atoms with Gasteiger partial charge in [0.2, 0.25) is 0 Å². The molecule has 0 unspecified atom stereocenters. The van der Waals surface area contributed by atoms with Gasteiger partial charge >= 0.3 is 12.4 Å². The van der Waals surface area contributed by atoms with Gasteiger partial charge in [-0.1, -0.05) is 48.0 Å². The van der Waals surface area contributed by atoms with Gasteiger partial charge in [0.1, 0.15) is 0 Å². The number of hydrogen-bond acceptors (Lipinski definition) is 4. The average Bonchev–Trinajstić information content (AvgIpc) is 2.93. The second kappa shape index (κ2) is 13.8. The largest absolute Gasteiger partial charge is 0.416 e. The smallest absolute Gasteiger partial charge is 0.376 e. The summed E-state index contributed by atoms with van der Waals surface area (Å²) in [6.07, 6.45) is -8.15. The maximum absolute atomic E-state index is 13.1. The van der Waals surface area contributed by atoms with Crippen molar-refractivity contribution in [2.24, 2.45) is 0 Å². The highest BCUT2D eigenvalue weighted by atomic mass is 32.2. The first-order chi connectivity index (χ1) is 19.9. The van der Waals surface area contributed by atoms with Crippen molar-refractivity contribution in [2.75, 3.05) is 19.7 Å². The number of hydrogen-bond donors (Lipinski definition) is 1. The standard InChI is InChI=1S/C24H27F6NO.C7H8O3S/c1-17(2)31-10-8-22(9-11-31,19-6-4-3-5-7-19)16-32-15-18-12-20(23(25,26)27)14-21(13-18)24(28,29)30;1-6-2-4-7(5-3-6)11(8,9)10/h3-7,12-14,17H,8-11,15-16H2,1-2H3;2-5H,1H3,(H,8,9,10). The van der Waals surface area contributed by atoms with Gasteiger partial charge in [0.05, 0.1) is 29.2 Å². The molecule has 1 heterocycles. The van der Waals surface area contributed by atoms with Crippen LogP contribution in [0.25, 0.3) is 0 Å². The van der Waals surface area contributed by atoms with Crippen LogP contribution in [-0.4, -0.2) is 43.6 Å². The minimum absolute atomic E-state index is 0.0666. The zero-order valence-corrected chi connectivity index (χ0v) is 24.9. The number of halogens is 6. The van der Waals surface area contributed by atoms with Crippen LogP contribution in [0.15, 0.2) is 77.7 Å². The molecule has 1 aliphatic heterocycles. The molecular formula is C31H35F6NO4S. The molecule has 0 bridgehead atoms. The number of piperidine rings is 1. The summed E-state index contributed by atoms with van der Waals surface area (Å²) < 4.78 is 114. The molecule has 1 saturated heterocycles. The van der Waals surface area contributed by atoms with Gasteiger partial charge < -0.3 is 9.64 Å². The first-order valence-corrected chi connectivity index (χ1v) is 15.0. The molecule has 5 nitrogen and oxygen atoms in total. The molecule has 1 fully saturated rings. The lowest BCUT2D eigenvalue weighted by Gasteiger charge is -2.43. The number of aryl methyl sites for hydroxylation is 1. The van der Waals surface area contributed by atoms with E-state index in [-0.39, 0.29) is 35.2 Å². The van der Waals surface area contributed by atoms with Crippen LogP contribution < -0.4 is 0 Å². The van der Waals surface area contributed by atoms with Crippen molar-refractivity contribution in [1.82, 2.24) is 4.90 Å². The molecule has 12 heteroatoms. The van der Waals surface area contributed by atoms with Gasteiger partial charge in [0, 0.05) is 11.5 Å². The van der Waals surface area contributed by atoms with Crippen LogP contribution in [0.5, 0.6) is 0 Å². The summed E-state index contributed by atoms with van der Waals surface area (Å²) in [4.78, 5) is 2.28. The summed E-state index contributed by atoms with van der Waals surface area (Å²) >= 11 is 0. The highest BCUT2D eigenvalue weighted by Crippen LogP contribution is 2.38. The van der Waals surface area contributed by atoms with Crippen LogP contribution in [0.3, 0.4) is 0 Å². The van der Waals surface area contributed by atoms with Gasteiger partial charge in [0.15, 0.2) is 0 Å². The Morgan fingerprint density at radius 1 is 0.860 bits per heavy atom. The van der Waals surface area contributed by atoms with Crippen molar-refractivity contribution < 1.29 is 44.0 Å². The molecule has 1 N–H and O–H groups in total. The van der Waals surface area contributed by atoms with E-state index in [2.05, 4.69) is 18.7 Å². The van der Waals surface area contributed by atoms with Crippen molar-refractivity contribution in [1.29, 1.82) is 0 Å². The second-order valence-electron chi connectivity index (χ2n) is 11.0. The molecular weight excluding hydrogens is 596 g/mol. The van der Waals surface area contributed by atoms with Gasteiger partial charge in [-0.15, -0.1) is 0 Å². The van der Waals surface area contributed by atoms with Crippen LogP contribution in [-0.2, 0) is 39.2 Å². The zero-order chi connectivity index (χ0) is 32.1. The van der Waals surface area contributed by atoms with Crippen LogP contribution in [0.4, 0.5) is 26.3 Å². The van der Waals surface area contributed by atoms with Crippen LogP contribution in [0.1, 0.15) is 54.5 Å². The Hall–Kier alpha value is -2.93. The van der Waals surface area contributed by atoms with Crippen molar-refractivity contribution in [3.8, 4) is 0 Å². The first kappa shape index (κ1) is 34.6. The lowest BCUT2D eigenvalue weighted by molar-refractivity contribution is -0.143. The first-order valence-electron chi connectivity index (χ1n) is 13.6. The fourth-order valence-electron chi connectivity index (χ4n) is 4.95. The summed E-state index contributed by atoms with van der Waals surface area (Å²) in [5, 5.41) is 0. The fraction of sp³-hybridized carbons (Fsp3) is 0.419. The van der Waals surface area contributed by atoms with Crippen molar-refractivity contribution in [2.45, 2.75) is 68.9 Å². The zero-order valence-electron chi connectivity index (χ0n) is 24.0. The van der Waals surface area contributed by atoms with Gasteiger partial charge in [0.25, 0.3) is 10.1 Å². The molecule has 0 amide bonds. The molecule has 0 radical (unpaired) electrons. The van der Waals surface area contributed by atoms with E-state index in [4.69, 9.17) is 9.29 Å². The topological polar surface area (TPSA) is 66.8 Å². The van der Waals surface area contributed by atoms with Gasteiger partial charge in [-0.3, -0.25) is 4.55 Å². The third kappa shape index (κ3) is 9.79. The molecule has 3 aromatic rings. The fourth-order valence-corrected chi connectivity index (χ4v) is 5.43. The van der Waals surface area contributed by atoms with Crippen LogP contribution in [0.2, 0.25) is 0 Å². The summed E-state index contributed by atoms with van der Waals surface area (Å²) in [6.45, 7) is 7.68.